The van der Waals surface area contributed by atoms with Crippen LogP contribution in [0, 0.1) is 0 Å². The van der Waals surface area contributed by atoms with Crippen molar-refractivity contribution in [3.63, 3.8) is 0 Å². The molecule has 2 heterocycles. The minimum absolute atomic E-state index is 0.175. The zero-order valence-corrected chi connectivity index (χ0v) is 15.2. The van der Waals surface area contributed by atoms with E-state index in [0.717, 1.165) is 36.3 Å². The molecule has 0 aromatic heterocycles. The summed E-state index contributed by atoms with van der Waals surface area (Å²) in [5.41, 5.74) is 5.20. The third-order valence-electron chi connectivity index (χ3n) is 5.06. The second kappa shape index (κ2) is 6.87. The van der Waals surface area contributed by atoms with E-state index in [1.165, 1.54) is 11.3 Å². The quantitative estimate of drug-likeness (QED) is 0.834. The number of rotatable bonds is 3. The summed E-state index contributed by atoms with van der Waals surface area (Å²) >= 11 is 0. The predicted molar refractivity (Wildman–Crippen MR) is 101 cm³/mol. The first-order valence-electron chi connectivity index (χ1n) is 9.20. The van der Waals surface area contributed by atoms with Crippen LogP contribution in [0.25, 0.3) is 0 Å². The fourth-order valence-electron chi connectivity index (χ4n) is 3.88. The molecule has 0 amide bonds. The molecule has 4 nitrogen and oxygen atoms in total. The highest BCUT2D eigenvalue weighted by atomic mass is 16.5. The summed E-state index contributed by atoms with van der Waals surface area (Å²) in [4.78, 5) is 12.7. The van der Waals surface area contributed by atoms with Crippen LogP contribution in [0.4, 0.5) is 5.69 Å². The van der Waals surface area contributed by atoms with Crippen molar-refractivity contribution in [2.24, 2.45) is 0 Å². The molecule has 0 saturated carbocycles. The first kappa shape index (κ1) is 16.7. The van der Waals surface area contributed by atoms with Gasteiger partial charge in [0.05, 0.1) is 12.2 Å². The Morgan fingerprint density at radius 1 is 1.27 bits per heavy atom. The topological polar surface area (TPSA) is 47.6 Å². The fraction of sp³-hybridized carbons (Fsp3) is 0.318. The van der Waals surface area contributed by atoms with E-state index in [1.54, 1.807) is 0 Å². The lowest BCUT2D eigenvalue weighted by molar-refractivity contribution is -0.139. The van der Waals surface area contributed by atoms with E-state index in [0.29, 0.717) is 17.9 Å². The Balaban J connectivity index is 1.86. The van der Waals surface area contributed by atoms with E-state index < -0.39 is 0 Å². The molecule has 2 aliphatic heterocycles. The molecule has 26 heavy (non-hydrogen) atoms. The summed E-state index contributed by atoms with van der Waals surface area (Å²) in [6.45, 7) is 5.03. The molecule has 0 aliphatic carbocycles. The van der Waals surface area contributed by atoms with Crippen molar-refractivity contribution in [1.82, 2.24) is 0 Å². The number of carbonyl (C=O) groups excluding carboxylic acids is 1. The Morgan fingerprint density at radius 3 is 2.96 bits per heavy atom. The highest BCUT2D eigenvalue weighted by molar-refractivity contribution is 5.92. The van der Waals surface area contributed by atoms with Gasteiger partial charge in [-0.25, -0.2) is 4.79 Å². The van der Waals surface area contributed by atoms with Gasteiger partial charge < -0.3 is 14.8 Å². The first-order valence-corrected chi connectivity index (χ1v) is 9.20. The van der Waals surface area contributed by atoms with Crippen molar-refractivity contribution in [1.29, 1.82) is 0 Å². The van der Waals surface area contributed by atoms with Gasteiger partial charge in [-0.15, -0.1) is 0 Å². The Bertz CT molecular complexity index is 885. The van der Waals surface area contributed by atoms with Crippen LogP contribution in [0.2, 0.25) is 0 Å². The molecule has 1 atom stereocenters. The van der Waals surface area contributed by atoms with Crippen molar-refractivity contribution in [2.45, 2.75) is 32.6 Å². The van der Waals surface area contributed by atoms with Gasteiger partial charge in [-0.1, -0.05) is 30.3 Å². The second-order valence-electron chi connectivity index (χ2n) is 6.71. The third kappa shape index (κ3) is 2.85. The van der Waals surface area contributed by atoms with E-state index in [4.69, 9.17) is 9.47 Å². The Morgan fingerprint density at radius 2 is 2.12 bits per heavy atom. The lowest BCUT2D eigenvalue weighted by atomic mass is 9.81. The maximum absolute atomic E-state index is 12.7. The molecule has 2 aromatic carbocycles. The molecule has 1 N–H and O–H groups in total. The number of esters is 1. The normalized spacial score (nSPS) is 18.3. The molecule has 0 unspecified atom stereocenters. The number of hydrogen-bond donors (Lipinski definition) is 1. The number of fused-ring (bicyclic) bond motifs is 2. The van der Waals surface area contributed by atoms with Gasteiger partial charge in [0.1, 0.15) is 11.5 Å². The molecular weight excluding hydrogens is 326 g/mol. The Labute approximate surface area is 153 Å². The van der Waals surface area contributed by atoms with Crippen LogP contribution in [0.5, 0.6) is 5.75 Å². The zero-order valence-electron chi connectivity index (χ0n) is 15.2. The summed E-state index contributed by atoms with van der Waals surface area (Å²) in [5.74, 6) is 0.938. The Kier molecular flexibility index (Phi) is 4.41. The number of hydrogen-bond acceptors (Lipinski definition) is 4. The van der Waals surface area contributed by atoms with Gasteiger partial charge in [0.15, 0.2) is 0 Å². The van der Waals surface area contributed by atoms with Gasteiger partial charge in [0.25, 0.3) is 0 Å². The average Bonchev–Trinajstić information content (AvgIpc) is 2.66. The number of aryl methyl sites for hydroxylation is 1. The molecular formula is C22H23NO3. The average molecular weight is 349 g/mol. The standard InChI is InChI=1S/C22H23NO3/c1-3-25-22(24)20-14(2)26-19-9-5-4-8-17(19)21(20)16-10-11-18-15(13-16)7-6-12-23-18/h4-5,8-11,13,21,23H,3,6-7,12H2,1-2H3/t21-/m1/s1. The molecule has 0 bridgehead atoms. The van der Waals surface area contributed by atoms with Crippen molar-refractivity contribution >= 4 is 11.7 Å². The summed E-state index contributed by atoms with van der Waals surface area (Å²) in [5, 5.41) is 3.45. The van der Waals surface area contributed by atoms with Gasteiger partial charge in [0.2, 0.25) is 0 Å². The molecule has 134 valence electrons. The van der Waals surface area contributed by atoms with E-state index >= 15 is 0 Å². The van der Waals surface area contributed by atoms with Crippen LogP contribution >= 0.6 is 0 Å². The monoisotopic (exact) mass is 349 g/mol. The molecule has 4 rings (SSSR count). The highest BCUT2D eigenvalue weighted by Crippen LogP contribution is 2.44. The van der Waals surface area contributed by atoms with Crippen LogP contribution in [0.15, 0.2) is 53.8 Å². The van der Waals surface area contributed by atoms with E-state index in [-0.39, 0.29) is 11.9 Å². The van der Waals surface area contributed by atoms with Gasteiger partial charge >= 0.3 is 5.97 Å². The molecule has 2 aromatic rings. The lowest BCUT2D eigenvalue weighted by Gasteiger charge is -2.30. The van der Waals surface area contributed by atoms with E-state index in [2.05, 4.69) is 23.5 Å². The molecule has 0 saturated heterocycles. The highest BCUT2D eigenvalue weighted by Gasteiger charge is 2.34. The summed E-state index contributed by atoms with van der Waals surface area (Å²) in [6, 6.07) is 14.4. The summed E-state index contributed by atoms with van der Waals surface area (Å²) < 4.78 is 11.3. The number of benzene rings is 2. The number of nitrogens with one attached hydrogen (secondary N) is 1. The van der Waals surface area contributed by atoms with Crippen molar-refractivity contribution in [3.8, 4) is 5.75 Å². The predicted octanol–water partition coefficient (Wildman–Crippen LogP) is 4.41. The van der Waals surface area contributed by atoms with Crippen LogP contribution in [0.3, 0.4) is 0 Å². The molecule has 2 aliphatic rings. The van der Waals surface area contributed by atoms with Crippen molar-refractivity contribution < 1.29 is 14.3 Å². The summed E-state index contributed by atoms with van der Waals surface area (Å²) in [6.07, 6.45) is 2.18. The van der Waals surface area contributed by atoms with Crippen LogP contribution in [-0.2, 0) is 16.0 Å². The number of para-hydroxylation sites is 1. The van der Waals surface area contributed by atoms with Crippen molar-refractivity contribution in [2.75, 3.05) is 18.5 Å². The number of carbonyl (C=O) groups is 1. The number of allylic oxidation sites excluding steroid dienone is 1. The van der Waals surface area contributed by atoms with Crippen molar-refractivity contribution in [3.05, 3.63) is 70.5 Å². The van der Waals surface area contributed by atoms with Crippen LogP contribution in [0.1, 0.15) is 42.9 Å². The molecule has 0 spiro atoms. The largest absolute Gasteiger partial charge is 0.463 e. The second-order valence-corrected chi connectivity index (χ2v) is 6.71. The minimum Gasteiger partial charge on any atom is -0.463 e. The molecule has 0 fully saturated rings. The maximum atomic E-state index is 12.7. The molecule has 0 radical (unpaired) electrons. The van der Waals surface area contributed by atoms with E-state index in [9.17, 15) is 4.79 Å². The minimum atomic E-state index is -0.305. The Hall–Kier alpha value is -2.75. The van der Waals surface area contributed by atoms with E-state index in [1.807, 2.05) is 38.1 Å². The zero-order chi connectivity index (χ0) is 18.1. The molecule has 4 heteroatoms. The number of ether oxygens (including phenoxy) is 2. The smallest absolute Gasteiger partial charge is 0.338 e. The number of anilines is 1. The van der Waals surface area contributed by atoms with Gasteiger partial charge in [-0.3, -0.25) is 0 Å². The SMILES string of the molecule is CCOC(=O)C1=C(C)Oc2ccccc2[C@H]1c1ccc2c(c1)CCCN2. The summed E-state index contributed by atoms with van der Waals surface area (Å²) in [7, 11) is 0. The lowest BCUT2D eigenvalue weighted by Crippen LogP contribution is -2.23. The van der Waals surface area contributed by atoms with Gasteiger partial charge in [-0.2, -0.15) is 0 Å². The maximum Gasteiger partial charge on any atom is 0.338 e. The third-order valence-corrected chi connectivity index (χ3v) is 5.06. The van der Waals surface area contributed by atoms with Crippen LogP contribution < -0.4 is 10.1 Å². The van der Waals surface area contributed by atoms with Crippen LogP contribution in [-0.4, -0.2) is 19.1 Å². The fourth-order valence-corrected chi connectivity index (χ4v) is 3.88. The van der Waals surface area contributed by atoms with Gasteiger partial charge in [0, 0.05) is 23.7 Å². The first-order chi connectivity index (χ1) is 12.7. The van der Waals surface area contributed by atoms with Gasteiger partial charge in [-0.05, 0) is 49.9 Å².